The van der Waals surface area contributed by atoms with Crippen LogP contribution in [0.15, 0.2) is 18.5 Å². The molecular formula is C16H20N4O3. The third kappa shape index (κ3) is 2.91. The number of aliphatic carboxylic acids is 1. The highest BCUT2D eigenvalue weighted by atomic mass is 16.4. The summed E-state index contributed by atoms with van der Waals surface area (Å²) in [4.78, 5) is 29.7. The van der Waals surface area contributed by atoms with E-state index in [4.69, 9.17) is 5.11 Å². The maximum atomic E-state index is 12.7. The lowest BCUT2D eigenvalue weighted by atomic mass is 10.1. The van der Waals surface area contributed by atoms with Crippen molar-refractivity contribution in [3.8, 4) is 0 Å². The van der Waals surface area contributed by atoms with Gasteiger partial charge in [0.05, 0.1) is 18.2 Å². The van der Waals surface area contributed by atoms with Crippen LogP contribution < -0.4 is 0 Å². The zero-order valence-corrected chi connectivity index (χ0v) is 13.3. The fourth-order valence-electron chi connectivity index (χ4n) is 3.12. The number of amides is 1. The summed E-state index contributed by atoms with van der Waals surface area (Å²) in [6.45, 7) is 4.64. The van der Waals surface area contributed by atoms with Crippen molar-refractivity contribution in [2.75, 3.05) is 6.54 Å². The first-order valence-electron chi connectivity index (χ1n) is 7.83. The number of rotatable bonds is 4. The van der Waals surface area contributed by atoms with Crippen LogP contribution in [0.25, 0.3) is 11.0 Å². The lowest BCUT2D eigenvalue weighted by Gasteiger charge is -2.23. The highest BCUT2D eigenvalue weighted by Crippen LogP contribution is 2.24. The maximum absolute atomic E-state index is 12.7. The molecule has 2 aromatic heterocycles. The van der Waals surface area contributed by atoms with Crippen LogP contribution >= 0.6 is 0 Å². The summed E-state index contributed by atoms with van der Waals surface area (Å²) in [5, 5.41) is 14.1. The summed E-state index contributed by atoms with van der Waals surface area (Å²) in [6, 6.07) is 1.75. The number of aromatic nitrogens is 3. The van der Waals surface area contributed by atoms with Gasteiger partial charge >= 0.3 is 5.97 Å². The number of carboxylic acid groups (broad SMARTS) is 1. The molecule has 0 aliphatic carbocycles. The molecule has 0 aromatic carbocycles. The highest BCUT2D eigenvalue weighted by Gasteiger charge is 2.31. The molecule has 1 unspecified atom stereocenters. The van der Waals surface area contributed by atoms with Gasteiger partial charge in [-0.05, 0) is 32.8 Å². The molecule has 2 aromatic rings. The monoisotopic (exact) mass is 316 g/mol. The predicted molar refractivity (Wildman–Crippen MR) is 84.2 cm³/mol. The molecule has 1 aliphatic rings. The Balaban J connectivity index is 1.87. The minimum atomic E-state index is -0.874. The van der Waals surface area contributed by atoms with E-state index >= 15 is 0 Å². The van der Waals surface area contributed by atoms with Gasteiger partial charge in [-0.1, -0.05) is 0 Å². The van der Waals surface area contributed by atoms with Gasteiger partial charge in [-0.25, -0.2) is 9.67 Å². The summed E-state index contributed by atoms with van der Waals surface area (Å²) >= 11 is 0. The van der Waals surface area contributed by atoms with Gasteiger partial charge in [-0.2, -0.15) is 5.10 Å². The first-order chi connectivity index (χ1) is 11.0. The van der Waals surface area contributed by atoms with Crippen molar-refractivity contribution in [2.24, 2.45) is 0 Å². The Bertz CT molecular complexity index is 753. The van der Waals surface area contributed by atoms with E-state index in [1.54, 1.807) is 23.4 Å². The number of hydrogen-bond donors (Lipinski definition) is 1. The lowest BCUT2D eigenvalue weighted by molar-refractivity contribution is -0.137. The minimum Gasteiger partial charge on any atom is -0.481 e. The summed E-state index contributed by atoms with van der Waals surface area (Å²) in [5.74, 6) is -1.03. The highest BCUT2D eigenvalue weighted by molar-refractivity contribution is 5.97. The van der Waals surface area contributed by atoms with Crippen LogP contribution in [0.4, 0.5) is 0 Å². The topological polar surface area (TPSA) is 88.3 Å². The molecular weight excluding hydrogens is 296 g/mol. The molecule has 1 aliphatic heterocycles. The van der Waals surface area contributed by atoms with Crippen molar-refractivity contribution in [3.63, 3.8) is 0 Å². The van der Waals surface area contributed by atoms with E-state index in [0.717, 1.165) is 23.9 Å². The molecule has 0 bridgehead atoms. The summed E-state index contributed by atoms with van der Waals surface area (Å²) in [7, 11) is 0. The molecule has 0 radical (unpaired) electrons. The van der Waals surface area contributed by atoms with Crippen molar-refractivity contribution in [1.82, 2.24) is 19.7 Å². The van der Waals surface area contributed by atoms with E-state index < -0.39 is 5.97 Å². The van der Waals surface area contributed by atoms with Crippen molar-refractivity contribution < 1.29 is 14.7 Å². The average Bonchev–Trinajstić information content (AvgIpc) is 3.11. The summed E-state index contributed by atoms with van der Waals surface area (Å²) in [5.41, 5.74) is 1.23. The average molecular weight is 316 g/mol. The van der Waals surface area contributed by atoms with E-state index in [2.05, 4.69) is 10.1 Å². The molecule has 0 spiro atoms. The Labute approximate surface area is 133 Å². The number of carbonyl (C=O) groups is 2. The molecule has 1 atom stereocenters. The Morgan fingerprint density at radius 3 is 2.87 bits per heavy atom. The van der Waals surface area contributed by atoms with E-state index in [1.807, 2.05) is 18.5 Å². The second kappa shape index (κ2) is 5.98. The van der Waals surface area contributed by atoms with Gasteiger partial charge in [-0.15, -0.1) is 0 Å². The van der Waals surface area contributed by atoms with Gasteiger partial charge in [0, 0.05) is 30.2 Å². The van der Waals surface area contributed by atoms with Gasteiger partial charge < -0.3 is 10.0 Å². The molecule has 0 saturated carbocycles. The zero-order chi connectivity index (χ0) is 16.6. The number of fused-ring (bicyclic) bond motifs is 1. The molecule has 23 heavy (non-hydrogen) atoms. The third-order valence-corrected chi connectivity index (χ3v) is 4.22. The van der Waals surface area contributed by atoms with Crippen LogP contribution in [0.3, 0.4) is 0 Å². The number of carbonyl (C=O) groups excluding carboxylic acids is 1. The van der Waals surface area contributed by atoms with Crippen molar-refractivity contribution >= 4 is 22.9 Å². The summed E-state index contributed by atoms with van der Waals surface area (Å²) < 4.78 is 1.81. The summed E-state index contributed by atoms with van der Waals surface area (Å²) in [6.07, 6.45) is 4.83. The fraction of sp³-hybridized carbons (Fsp3) is 0.500. The quantitative estimate of drug-likeness (QED) is 0.933. The zero-order valence-electron chi connectivity index (χ0n) is 13.3. The fourth-order valence-corrected chi connectivity index (χ4v) is 3.12. The van der Waals surface area contributed by atoms with Crippen LogP contribution in [-0.4, -0.2) is 49.2 Å². The normalized spacial score (nSPS) is 18.0. The smallest absolute Gasteiger partial charge is 0.305 e. The lowest BCUT2D eigenvalue weighted by Crippen LogP contribution is -2.36. The SMILES string of the molecule is CC(C)n1ncc2cc(C(=O)N3CCCC3CC(=O)O)cnc21. The molecule has 122 valence electrons. The standard InChI is InChI=1S/C16H20N4O3/c1-10(2)20-15-11(9-18-20)6-12(8-17-15)16(23)19-5-3-4-13(19)7-14(21)22/h6,8-10,13H,3-5,7H2,1-2H3,(H,21,22). The molecule has 1 amide bonds. The number of nitrogens with zero attached hydrogens (tertiary/aromatic N) is 4. The van der Waals surface area contributed by atoms with Gasteiger partial charge in [0.25, 0.3) is 5.91 Å². The molecule has 1 fully saturated rings. The molecule has 1 N–H and O–H groups in total. The van der Waals surface area contributed by atoms with Gasteiger partial charge in [0.15, 0.2) is 5.65 Å². The van der Waals surface area contributed by atoms with E-state index in [9.17, 15) is 9.59 Å². The van der Waals surface area contributed by atoms with Crippen LogP contribution in [0.5, 0.6) is 0 Å². The van der Waals surface area contributed by atoms with E-state index in [0.29, 0.717) is 12.1 Å². The van der Waals surface area contributed by atoms with E-state index in [1.165, 1.54) is 0 Å². The third-order valence-electron chi connectivity index (χ3n) is 4.22. The Kier molecular flexibility index (Phi) is 4.02. The van der Waals surface area contributed by atoms with Crippen molar-refractivity contribution in [2.45, 2.75) is 45.2 Å². The van der Waals surface area contributed by atoms with Gasteiger partial charge in [0.1, 0.15) is 0 Å². The minimum absolute atomic E-state index is 0.00725. The van der Waals surface area contributed by atoms with Crippen LogP contribution in [0.1, 0.15) is 49.5 Å². The second-order valence-electron chi connectivity index (χ2n) is 6.21. The van der Waals surface area contributed by atoms with Crippen LogP contribution in [0, 0.1) is 0 Å². The first kappa shape index (κ1) is 15.5. The molecule has 1 saturated heterocycles. The Morgan fingerprint density at radius 2 is 2.17 bits per heavy atom. The maximum Gasteiger partial charge on any atom is 0.305 e. The molecule has 3 rings (SSSR count). The number of likely N-dealkylation sites (tertiary alicyclic amines) is 1. The number of hydrogen-bond acceptors (Lipinski definition) is 4. The van der Waals surface area contributed by atoms with E-state index in [-0.39, 0.29) is 24.4 Å². The van der Waals surface area contributed by atoms with Gasteiger partial charge in [-0.3, -0.25) is 9.59 Å². The van der Waals surface area contributed by atoms with Crippen LogP contribution in [-0.2, 0) is 4.79 Å². The Morgan fingerprint density at radius 1 is 1.39 bits per heavy atom. The second-order valence-corrected chi connectivity index (χ2v) is 6.21. The first-order valence-corrected chi connectivity index (χ1v) is 7.83. The molecule has 7 nitrogen and oxygen atoms in total. The predicted octanol–water partition coefficient (Wildman–Crippen LogP) is 2.09. The Hall–Kier alpha value is -2.44. The van der Waals surface area contributed by atoms with Crippen molar-refractivity contribution in [3.05, 3.63) is 24.0 Å². The number of pyridine rings is 1. The largest absolute Gasteiger partial charge is 0.481 e. The van der Waals surface area contributed by atoms with Crippen LogP contribution in [0.2, 0.25) is 0 Å². The van der Waals surface area contributed by atoms with Crippen molar-refractivity contribution in [1.29, 1.82) is 0 Å². The molecule has 7 heteroatoms. The number of carboxylic acids is 1. The van der Waals surface area contributed by atoms with Gasteiger partial charge in [0.2, 0.25) is 0 Å². The molecule has 3 heterocycles.